The van der Waals surface area contributed by atoms with E-state index in [0.29, 0.717) is 24.5 Å². The molecule has 2 aromatic heterocycles. The number of nitrogens with one attached hydrogen (secondary N) is 1. The zero-order valence-corrected chi connectivity index (χ0v) is 22.0. The van der Waals surface area contributed by atoms with Gasteiger partial charge in [0.1, 0.15) is 5.82 Å². The fourth-order valence-corrected chi connectivity index (χ4v) is 5.56. The van der Waals surface area contributed by atoms with Gasteiger partial charge in [-0.05, 0) is 70.5 Å². The van der Waals surface area contributed by atoms with Gasteiger partial charge in [-0.15, -0.1) is 5.10 Å². The quantitative estimate of drug-likeness (QED) is 0.571. The predicted octanol–water partition coefficient (Wildman–Crippen LogP) is 3.43. The molecule has 1 N–H and O–H groups in total. The molecule has 1 amide bonds. The Morgan fingerprint density at radius 1 is 1.14 bits per heavy atom. The first-order valence-electron chi connectivity index (χ1n) is 13.0. The van der Waals surface area contributed by atoms with Gasteiger partial charge in [-0.25, -0.2) is 4.98 Å². The molecule has 2 aliphatic heterocycles. The SMILES string of the molecule is Cc1c(C#N)cccc1[C@@H](C)Nc1nnc(C)c2cnc(N3CCN(C(=O)[C@H]4CCCN4C)CC3)cc12. The normalized spacial score (nSPS) is 19.2. The number of hydrogen-bond donors (Lipinski definition) is 1. The van der Waals surface area contributed by atoms with Crippen LogP contribution in [-0.2, 0) is 4.79 Å². The molecule has 0 bridgehead atoms. The number of pyridine rings is 1. The molecule has 0 spiro atoms. The molecule has 9 heteroatoms. The number of nitriles is 1. The van der Waals surface area contributed by atoms with Crippen LogP contribution in [0.3, 0.4) is 0 Å². The lowest BCUT2D eigenvalue weighted by Gasteiger charge is -2.37. The number of amides is 1. The average Bonchev–Trinajstić information content (AvgIpc) is 3.35. The second-order valence-electron chi connectivity index (χ2n) is 10.2. The predicted molar refractivity (Wildman–Crippen MR) is 144 cm³/mol. The Hall–Kier alpha value is -3.77. The fourth-order valence-electron chi connectivity index (χ4n) is 5.56. The van der Waals surface area contributed by atoms with Crippen LogP contribution in [0.15, 0.2) is 30.5 Å². The first-order valence-corrected chi connectivity index (χ1v) is 13.0. The summed E-state index contributed by atoms with van der Waals surface area (Å²) < 4.78 is 0. The second-order valence-corrected chi connectivity index (χ2v) is 10.2. The molecule has 2 atom stereocenters. The average molecular weight is 499 g/mol. The molecule has 2 fully saturated rings. The third kappa shape index (κ3) is 4.81. The van der Waals surface area contributed by atoms with Crippen LogP contribution in [-0.4, -0.2) is 76.7 Å². The van der Waals surface area contributed by atoms with E-state index in [2.05, 4.69) is 44.4 Å². The maximum atomic E-state index is 13.0. The van der Waals surface area contributed by atoms with Crippen molar-refractivity contribution in [3.05, 3.63) is 52.8 Å². The van der Waals surface area contributed by atoms with Gasteiger partial charge >= 0.3 is 0 Å². The first-order chi connectivity index (χ1) is 17.9. The lowest BCUT2D eigenvalue weighted by atomic mass is 9.98. The number of hydrogen-bond acceptors (Lipinski definition) is 8. The number of anilines is 2. The number of fused-ring (bicyclic) bond motifs is 1. The summed E-state index contributed by atoms with van der Waals surface area (Å²) in [5.74, 6) is 1.83. The zero-order valence-electron chi connectivity index (χ0n) is 22.0. The Balaban J connectivity index is 1.36. The number of aryl methyl sites for hydroxylation is 1. The van der Waals surface area contributed by atoms with Crippen molar-refractivity contribution >= 4 is 28.3 Å². The topological polar surface area (TPSA) is 101 Å². The lowest BCUT2D eigenvalue weighted by Crippen LogP contribution is -2.53. The van der Waals surface area contributed by atoms with Crippen molar-refractivity contribution in [3.63, 3.8) is 0 Å². The van der Waals surface area contributed by atoms with E-state index in [9.17, 15) is 10.1 Å². The fraction of sp³-hybridized carbons (Fsp3) is 0.464. The monoisotopic (exact) mass is 498 g/mol. The highest BCUT2D eigenvalue weighted by molar-refractivity contribution is 5.94. The number of nitrogens with zero attached hydrogens (tertiary/aromatic N) is 7. The van der Waals surface area contributed by atoms with Crippen LogP contribution in [0.1, 0.15) is 48.2 Å². The molecule has 2 aliphatic rings. The molecular formula is C28H34N8O. The van der Waals surface area contributed by atoms with Crippen LogP contribution < -0.4 is 10.2 Å². The second kappa shape index (κ2) is 10.3. The van der Waals surface area contributed by atoms with E-state index in [-0.39, 0.29) is 18.0 Å². The van der Waals surface area contributed by atoms with E-state index >= 15 is 0 Å². The molecule has 1 aromatic carbocycles. The van der Waals surface area contributed by atoms with Gasteiger partial charge in [0.15, 0.2) is 5.82 Å². The zero-order chi connectivity index (χ0) is 26.1. The van der Waals surface area contributed by atoms with E-state index in [1.54, 1.807) is 0 Å². The van der Waals surface area contributed by atoms with Gasteiger partial charge in [-0.1, -0.05) is 12.1 Å². The minimum absolute atomic E-state index is 0.0278. The summed E-state index contributed by atoms with van der Waals surface area (Å²) in [4.78, 5) is 24.2. The smallest absolute Gasteiger partial charge is 0.240 e. The third-order valence-electron chi connectivity index (χ3n) is 7.87. The minimum atomic E-state index is -0.0617. The van der Waals surface area contributed by atoms with Crippen molar-refractivity contribution in [2.45, 2.75) is 45.7 Å². The highest BCUT2D eigenvalue weighted by Crippen LogP contribution is 2.30. The van der Waals surface area contributed by atoms with Crippen LogP contribution in [0.5, 0.6) is 0 Å². The molecule has 37 heavy (non-hydrogen) atoms. The number of carbonyl (C=O) groups excluding carboxylic acids is 1. The number of likely N-dealkylation sites (N-methyl/N-ethyl adjacent to an activating group) is 1. The molecule has 5 rings (SSSR count). The first kappa shape index (κ1) is 24.9. The molecule has 4 heterocycles. The third-order valence-corrected chi connectivity index (χ3v) is 7.87. The van der Waals surface area contributed by atoms with E-state index in [1.165, 1.54) is 0 Å². The maximum Gasteiger partial charge on any atom is 0.240 e. The van der Waals surface area contributed by atoms with Gasteiger partial charge in [-0.3, -0.25) is 9.69 Å². The van der Waals surface area contributed by atoms with Crippen LogP contribution in [0.4, 0.5) is 11.6 Å². The Kier molecular flexibility index (Phi) is 6.94. The van der Waals surface area contributed by atoms with Crippen molar-refractivity contribution in [2.24, 2.45) is 0 Å². The highest BCUT2D eigenvalue weighted by atomic mass is 16.2. The molecule has 0 radical (unpaired) electrons. The molecular weight excluding hydrogens is 464 g/mol. The molecule has 192 valence electrons. The van der Waals surface area contributed by atoms with E-state index in [1.807, 2.05) is 50.2 Å². The van der Waals surface area contributed by atoms with Crippen molar-refractivity contribution in [1.29, 1.82) is 5.26 Å². The minimum Gasteiger partial charge on any atom is -0.362 e. The summed E-state index contributed by atoms with van der Waals surface area (Å²) in [6.07, 6.45) is 3.92. The van der Waals surface area contributed by atoms with Crippen molar-refractivity contribution in [3.8, 4) is 6.07 Å². The Morgan fingerprint density at radius 3 is 2.62 bits per heavy atom. The number of aromatic nitrogens is 3. The maximum absolute atomic E-state index is 13.0. The molecule has 0 aliphatic carbocycles. The van der Waals surface area contributed by atoms with Gasteiger partial charge in [0.05, 0.1) is 29.4 Å². The molecule has 0 unspecified atom stereocenters. The van der Waals surface area contributed by atoms with Crippen molar-refractivity contribution < 1.29 is 4.79 Å². The molecule has 2 saturated heterocycles. The number of rotatable bonds is 5. The van der Waals surface area contributed by atoms with E-state index in [0.717, 1.165) is 65.9 Å². The summed E-state index contributed by atoms with van der Waals surface area (Å²) in [6, 6.07) is 10.1. The van der Waals surface area contributed by atoms with Gasteiger partial charge < -0.3 is 15.1 Å². The number of likely N-dealkylation sites (tertiary alicyclic amines) is 1. The molecule has 3 aromatic rings. The van der Waals surface area contributed by atoms with Crippen LogP contribution in [0, 0.1) is 25.2 Å². The van der Waals surface area contributed by atoms with Crippen LogP contribution >= 0.6 is 0 Å². The number of benzene rings is 1. The van der Waals surface area contributed by atoms with E-state index < -0.39 is 0 Å². The van der Waals surface area contributed by atoms with E-state index in [4.69, 9.17) is 4.98 Å². The summed E-state index contributed by atoms with van der Waals surface area (Å²) >= 11 is 0. The van der Waals surface area contributed by atoms with Gasteiger partial charge in [0.25, 0.3) is 0 Å². The molecule has 0 saturated carbocycles. The van der Waals surface area contributed by atoms with Crippen LogP contribution in [0.2, 0.25) is 0 Å². The largest absolute Gasteiger partial charge is 0.362 e. The lowest BCUT2D eigenvalue weighted by molar-refractivity contribution is -0.135. The van der Waals surface area contributed by atoms with Crippen molar-refractivity contribution in [1.82, 2.24) is 25.0 Å². The van der Waals surface area contributed by atoms with Gasteiger partial charge in [0.2, 0.25) is 5.91 Å². The summed E-state index contributed by atoms with van der Waals surface area (Å²) in [5.41, 5.74) is 3.52. The highest BCUT2D eigenvalue weighted by Gasteiger charge is 2.33. The molecule has 9 nitrogen and oxygen atoms in total. The number of carbonyl (C=O) groups is 1. The van der Waals surface area contributed by atoms with Crippen LogP contribution in [0.25, 0.3) is 10.8 Å². The van der Waals surface area contributed by atoms with Gasteiger partial charge in [-0.2, -0.15) is 10.4 Å². The van der Waals surface area contributed by atoms with Gasteiger partial charge in [0, 0.05) is 43.1 Å². The van der Waals surface area contributed by atoms with Crippen molar-refractivity contribution in [2.75, 3.05) is 50.0 Å². The summed E-state index contributed by atoms with van der Waals surface area (Å²) in [6.45, 7) is 9.88. The standard InChI is InChI=1S/C28H34N8O/c1-18-21(16-29)7-5-8-22(18)19(2)31-27-23-15-26(30-17-24(23)20(3)32-33-27)35-11-13-36(14-12-35)28(37)25-9-6-10-34(25)4/h5,7-8,15,17,19,25H,6,9-14H2,1-4H3,(H,31,33)/t19-,25-/m1/s1. The Labute approximate surface area is 218 Å². The summed E-state index contributed by atoms with van der Waals surface area (Å²) in [5, 5.41) is 23.7. The number of piperazine rings is 1. The summed E-state index contributed by atoms with van der Waals surface area (Å²) in [7, 11) is 2.05. The Bertz CT molecular complexity index is 1360. The Morgan fingerprint density at radius 2 is 1.92 bits per heavy atom.